The second-order valence-electron chi connectivity index (χ2n) is 5.48. The van der Waals surface area contributed by atoms with Gasteiger partial charge in [-0.1, -0.05) is 0 Å². The van der Waals surface area contributed by atoms with E-state index in [9.17, 15) is 28.8 Å². The Morgan fingerprint density at radius 1 is 0.960 bits per heavy atom. The van der Waals surface area contributed by atoms with Crippen molar-refractivity contribution in [2.45, 2.75) is 26.8 Å². The van der Waals surface area contributed by atoms with Crippen molar-refractivity contribution in [3.8, 4) is 0 Å². The van der Waals surface area contributed by atoms with Crippen LogP contribution >= 0.6 is 0 Å². The van der Waals surface area contributed by atoms with E-state index in [1.165, 1.54) is 6.92 Å². The Balaban J connectivity index is 2.34. The fraction of sp³-hybridized carbons (Fsp3) is 0.333. The van der Waals surface area contributed by atoms with Crippen LogP contribution in [0.25, 0.3) is 0 Å². The van der Waals surface area contributed by atoms with Gasteiger partial charge in [-0.25, -0.2) is 0 Å². The number of hydrogen-bond acceptors (Lipinski definition) is 6. The number of carbonyl (C=O) groups excluding carboxylic acids is 6. The van der Waals surface area contributed by atoms with E-state index in [0.717, 1.165) is 35.8 Å². The Bertz CT molecular complexity index is 766. The molecule has 0 spiro atoms. The molecule has 1 atom stereocenters. The van der Waals surface area contributed by atoms with Crippen LogP contribution in [0.4, 0.5) is 0 Å². The summed E-state index contributed by atoms with van der Waals surface area (Å²) in [5.41, 5.74) is -0.457. The van der Waals surface area contributed by atoms with Gasteiger partial charge in [0.25, 0.3) is 11.8 Å². The molecule has 0 aromatic heterocycles. The van der Waals surface area contributed by atoms with Crippen LogP contribution in [0.3, 0.4) is 0 Å². The molecule has 1 unspecified atom stereocenters. The standard InChI is InChI=1S/C15H16N4O6/c1-7-13(23)17-11(15(25)19(7)9(3)21)5-4-10-14(24)18(8(2)20)6-12(22)16-10/h4-5,7H,6H2,1-3H3,(H,16,22)(H,17,23). The van der Waals surface area contributed by atoms with E-state index in [-0.39, 0.29) is 11.4 Å². The molecule has 2 fully saturated rings. The Kier molecular flexibility index (Phi) is 4.82. The number of nitrogens with one attached hydrogen (secondary N) is 2. The summed E-state index contributed by atoms with van der Waals surface area (Å²) in [6, 6.07) is -0.959. The second kappa shape index (κ2) is 6.67. The lowest BCUT2D eigenvalue weighted by Gasteiger charge is -2.31. The number of piperazine rings is 2. The van der Waals surface area contributed by atoms with Gasteiger partial charge in [0.1, 0.15) is 24.0 Å². The number of carbonyl (C=O) groups is 6. The van der Waals surface area contributed by atoms with Gasteiger partial charge < -0.3 is 10.6 Å². The van der Waals surface area contributed by atoms with Crippen LogP contribution in [-0.2, 0) is 28.8 Å². The van der Waals surface area contributed by atoms with Gasteiger partial charge in [-0.05, 0) is 19.1 Å². The molecule has 2 rings (SSSR count). The predicted octanol–water partition coefficient (Wildman–Crippen LogP) is -1.85. The molecule has 2 aliphatic heterocycles. The Hall–Kier alpha value is -3.30. The highest BCUT2D eigenvalue weighted by atomic mass is 16.2. The Morgan fingerprint density at radius 3 is 2.04 bits per heavy atom. The highest BCUT2D eigenvalue weighted by Crippen LogP contribution is 2.14. The number of nitrogens with zero attached hydrogens (tertiary/aromatic N) is 2. The number of amides is 6. The van der Waals surface area contributed by atoms with E-state index in [0.29, 0.717) is 0 Å². The summed E-state index contributed by atoms with van der Waals surface area (Å²) in [5, 5.41) is 4.62. The molecule has 10 heteroatoms. The third-order valence-corrected chi connectivity index (χ3v) is 3.66. The van der Waals surface area contributed by atoms with Crippen LogP contribution in [0.15, 0.2) is 23.5 Å². The number of allylic oxidation sites excluding steroid dienone is 2. The molecule has 0 aromatic carbocycles. The molecule has 0 aromatic rings. The summed E-state index contributed by atoms with van der Waals surface area (Å²) < 4.78 is 0. The van der Waals surface area contributed by atoms with E-state index < -0.39 is 48.0 Å². The summed E-state index contributed by atoms with van der Waals surface area (Å²) in [6.45, 7) is 3.30. The first-order valence-corrected chi connectivity index (χ1v) is 7.32. The average molecular weight is 348 g/mol. The van der Waals surface area contributed by atoms with Gasteiger partial charge in [0, 0.05) is 13.8 Å². The van der Waals surface area contributed by atoms with Gasteiger partial charge in [0.05, 0.1) is 0 Å². The van der Waals surface area contributed by atoms with E-state index >= 15 is 0 Å². The van der Waals surface area contributed by atoms with Gasteiger partial charge in [-0.15, -0.1) is 0 Å². The minimum absolute atomic E-state index is 0.228. The smallest absolute Gasteiger partial charge is 0.277 e. The first-order chi connectivity index (χ1) is 11.6. The molecule has 132 valence electrons. The van der Waals surface area contributed by atoms with Crippen LogP contribution < -0.4 is 10.6 Å². The number of hydrogen-bond donors (Lipinski definition) is 2. The van der Waals surface area contributed by atoms with Crippen LogP contribution in [0.5, 0.6) is 0 Å². The first-order valence-electron chi connectivity index (χ1n) is 7.32. The van der Waals surface area contributed by atoms with Crippen molar-refractivity contribution in [2.75, 3.05) is 6.54 Å². The lowest BCUT2D eigenvalue weighted by atomic mass is 10.1. The fourth-order valence-corrected chi connectivity index (χ4v) is 2.38. The molecular weight excluding hydrogens is 332 g/mol. The lowest BCUT2D eigenvalue weighted by Crippen LogP contribution is -2.57. The summed E-state index contributed by atoms with van der Waals surface area (Å²) >= 11 is 0. The summed E-state index contributed by atoms with van der Waals surface area (Å²) in [6.07, 6.45) is 2.19. The third kappa shape index (κ3) is 3.47. The van der Waals surface area contributed by atoms with Crippen LogP contribution in [0.2, 0.25) is 0 Å². The molecule has 10 nitrogen and oxygen atoms in total. The second-order valence-corrected chi connectivity index (χ2v) is 5.48. The van der Waals surface area contributed by atoms with E-state index in [1.807, 2.05) is 0 Å². The van der Waals surface area contributed by atoms with Crippen molar-refractivity contribution < 1.29 is 28.8 Å². The van der Waals surface area contributed by atoms with Crippen molar-refractivity contribution in [1.29, 1.82) is 0 Å². The Labute approximate surface area is 142 Å². The van der Waals surface area contributed by atoms with Crippen molar-refractivity contribution >= 4 is 35.4 Å². The maximum Gasteiger partial charge on any atom is 0.277 e. The molecule has 6 amide bonds. The zero-order chi connectivity index (χ0) is 18.9. The average Bonchev–Trinajstić information content (AvgIpc) is 2.51. The van der Waals surface area contributed by atoms with Crippen LogP contribution in [-0.4, -0.2) is 57.8 Å². The van der Waals surface area contributed by atoms with E-state index in [2.05, 4.69) is 10.6 Å². The normalized spacial score (nSPS) is 24.5. The van der Waals surface area contributed by atoms with E-state index in [4.69, 9.17) is 0 Å². The summed E-state index contributed by atoms with van der Waals surface area (Å²) in [7, 11) is 0. The van der Waals surface area contributed by atoms with Crippen LogP contribution in [0, 0.1) is 0 Å². The van der Waals surface area contributed by atoms with Crippen molar-refractivity contribution in [2.24, 2.45) is 0 Å². The van der Waals surface area contributed by atoms with Gasteiger partial charge in [0.2, 0.25) is 23.6 Å². The molecule has 0 saturated carbocycles. The molecular formula is C15H16N4O6. The number of rotatable bonds is 1. The molecule has 0 radical (unpaired) electrons. The predicted molar refractivity (Wildman–Crippen MR) is 81.8 cm³/mol. The van der Waals surface area contributed by atoms with Gasteiger partial charge in [0.15, 0.2) is 0 Å². The molecule has 2 aliphatic rings. The third-order valence-electron chi connectivity index (χ3n) is 3.66. The molecule has 0 aliphatic carbocycles. The quantitative estimate of drug-likeness (QED) is 0.535. The SMILES string of the molecule is CC(=O)N1CC(=O)NC(=CC=C2NC(=O)C(C)N(C(C)=O)C2=O)C1=O. The topological polar surface area (TPSA) is 133 Å². The highest BCUT2D eigenvalue weighted by molar-refractivity contribution is 6.13. The molecule has 2 heterocycles. The maximum atomic E-state index is 12.3. The minimum Gasteiger partial charge on any atom is -0.320 e. The first kappa shape index (κ1) is 18.0. The fourth-order valence-electron chi connectivity index (χ4n) is 2.38. The highest BCUT2D eigenvalue weighted by Gasteiger charge is 2.37. The van der Waals surface area contributed by atoms with Gasteiger partial charge in [-0.3, -0.25) is 38.6 Å². The minimum atomic E-state index is -0.959. The monoisotopic (exact) mass is 348 g/mol. The van der Waals surface area contributed by atoms with Crippen molar-refractivity contribution in [3.63, 3.8) is 0 Å². The molecule has 0 bridgehead atoms. The molecule has 25 heavy (non-hydrogen) atoms. The zero-order valence-corrected chi connectivity index (χ0v) is 13.8. The zero-order valence-electron chi connectivity index (χ0n) is 13.8. The van der Waals surface area contributed by atoms with Gasteiger partial charge in [-0.2, -0.15) is 0 Å². The van der Waals surface area contributed by atoms with Crippen molar-refractivity contribution in [3.05, 3.63) is 23.5 Å². The van der Waals surface area contributed by atoms with E-state index in [1.54, 1.807) is 0 Å². The molecule has 2 N–H and O–H groups in total. The number of imide groups is 2. The summed E-state index contributed by atoms with van der Waals surface area (Å²) in [5.74, 6) is -3.82. The largest absolute Gasteiger partial charge is 0.320 e. The Morgan fingerprint density at radius 2 is 1.52 bits per heavy atom. The maximum absolute atomic E-state index is 12.3. The summed E-state index contributed by atoms with van der Waals surface area (Å²) in [4.78, 5) is 72.3. The molecule has 2 saturated heterocycles. The van der Waals surface area contributed by atoms with Crippen molar-refractivity contribution in [1.82, 2.24) is 20.4 Å². The van der Waals surface area contributed by atoms with Crippen LogP contribution in [0.1, 0.15) is 20.8 Å². The lowest BCUT2D eigenvalue weighted by molar-refractivity contribution is -0.151. The van der Waals surface area contributed by atoms with Gasteiger partial charge >= 0.3 is 0 Å².